The standard InChI is InChI=1S/C14H7F2NO4/c15-14(16)21-11-3-1-7(6-18)12-9-5-8(17-19)2-4-10(9)20-13(11)12/h1-6,14H. The molecule has 5 nitrogen and oxygen atoms in total. The van der Waals surface area contributed by atoms with Crippen LogP contribution in [0.3, 0.4) is 0 Å². The fraction of sp³-hybridized carbons (Fsp3) is 0.0714. The predicted molar refractivity (Wildman–Crippen MR) is 71.2 cm³/mol. The van der Waals surface area contributed by atoms with Gasteiger partial charge in [0.1, 0.15) is 11.3 Å². The van der Waals surface area contributed by atoms with Gasteiger partial charge in [0.05, 0.1) is 0 Å². The average molecular weight is 291 g/mol. The van der Waals surface area contributed by atoms with E-state index in [-0.39, 0.29) is 22.6 Å². The zero-order valence-corrected chi connectivity index (χ0v) is 10.4. The van der Waals surface area contributed by atoms with Gasteiger partial charge in [-0.1, -0.05) is 0 Å². The molecule has 0 saturated heterocycles. The summed E-state index contributed by atoms with van der Waals surface area (Å²) >= 11 is 0. The number of halogens is 2. The van der Waals surface area contributed by atoms with Crippen molar-refractivity contribution >= 4 is 33.9 Å². The maximum absolute atomic E-state index is 12.4. The fourth-order valence-corrected chi connectivity index (χ4v) is 2.21. The van der Waals surface area contributed by atoms with E-state index in [2.05, 4.69) is 9.91 Å². The van der Waals surface area contributed by atoms with Crippen molar-refractivity contribution in [2.24, 2.45) is 5.18 Å². The van der Waals surface area contributed by atoms with Gasteiger partial charge in [-0.25, -0.2) is 0 Å². The Balaban J connectivity index is 2.40. The van der Waals surface area contributed by atoms with Crippen LogP contribution in [0.2, 0.25) is 0 Å². The molecule has 0 unspecified atom stereocenters. The highest BCUT2D eigenvalue weighted by molar-refractivity contribution is 6.14. The third-order valence-electron chi connectivity index (χ3n) is 3.05. The van der Waals surface area contributed by atoms with Crippen LogP contribution in [0.5, 0.6) is 5.75 Å². The van der Waals surface area contributed by atoms with Crippen molar-refractivity contribution in [1.29, 1.82) is 0 Å². The lowest BCUT2D eigenvalue weighted by Crippen LogP contribution is -2.02. The number of furan rings is 1. The zero-order chi connectivity index (χ0) is 15.0. The normalized spacial score (nSPS) is 11.2. The maximum Gasteiger partial charge on any atom is 0.387 e. The molecule has 0 radical (unpaired) electrons. The molecule has 0 aliphatic heterocycles. The first kappa shape index (κ1) is 13.2. The van der Waals surface area contributed by atoms with Crippen LogP contribution in [0, 0.1) is 4.91 Å². The number of carbonyl (C=O) groups is 1. The van der Waals surface area contributed by atoms with Crippen LogP contribution in [-0.2, 0) is 0 Å². The maximum atomic E-state index is 12.4. The molecule has 106 valence electrons. The lowest BCUT2D eigenvalue weighted by atomic mass is 10.1. The molecule has 0 aliphatic carbocycles. The van der Waals surface area contributed by atoms with Gasteiger partial charge in [0.15, 0.2) is 17.6 Å². The number of hydrogen-bond donors (Lipinski definition) is 0. The first-order valence-corrected chi connectivity index (χ1v) is 5.86. The van der Waals surface area contributed by atoms with Gasteiger partial charge in [0.25, 0.3) is 0 Å². The van der Waals surface area contributed by atoms with Crippen molar-refractivity contribution in [1.82, 2.24) is 0 Å². The number of alkyl halides is 2. The molecule has 0 atom stereocenters. The van der Waals surface area contributed by atoms with Gasteiger partial charge in [0, 0.05) is 16.3 Å². The van der Waals surface area contributed by atoms with Gasteiger partial charge in [-0.2, -0.15) is 8.78 Å². The van der Waals surface area contributed by atoms with Crippen molar-refractivity contribution in [3.8, 4) is 5.75 Å². The lowest BCUT2D eigenvalue weighted by Gasteiger charge is -2.05. The van der Waals surface area contributed by atoms with Gasteiger partial charge >= 0.3 is 6.61 Å². The molecule has 0 spiro atoms. The van der Waals surface area contributed by atoms with Crippen LogP contribution < -0.4 is 4.74 Å². The quantitative estimate of drug-likeness (QED) is 0.527. The largest absolute Gasteiger partial charge is 0.452 e. The van der Waals surface area contributed by atoms with Gasteiger partial charge in [-0.15, -0.1) is 4.91 Å². The van der Waals surface area contributed by atoms with E-state index in [0.29, 0.717) is 22.6 Å². The highest BCUT2D eigenvalue weighted by Crippen LogP contribution is 2.38. The number of nitroso groups, excluding NO2 is 1. The Morgan fingerprint density at radius 1 is 1.24 bits per heavy atom. The van der Waals surface area contributed by atoms with Gasteiger partial charge in [0.2, 0.25) is 0 Å². The second kappa shape index (κ2) is 4.93. The van der Waals surface area contributed by atoms with Crippen LogP contribution in [0.15, 0.2) is 39.9 Å². The molecule has 0 aliphatic rings. The fourth-order valence-electron chi connectivity index (χ4n) is 2.21. The topological polar surface area (TPSA) is 68.9 Å². The smallest absolute Gasteiger partial charge is 0.387 e. The third kappa shape index (κ3) is 2.12. The summed E-state index contributed by atoms with van der Waals surface area (Å²) in [6.45, 7) is -3.02. The molecule has 0 N–H and O–H groups in total. The number of nitrogens with zero attached hydrogens (tertiary/aromatic N) is 1. The Bertz CT molecular complexity index is 857. The molecule has 21 heavy (non-hydrogen) atoms. The molecule has 1 aromatic heterocycles. The zero-order valence-electron chi connectivity index (χ0n) is 10.4. The first-order valence-electron chi connectivity index (χ1n) is 5.86. The summed E-state index contributed by atoms with van der Waals surface area (Å²) in [7, 11) is 0. The minimum absolute atomic E-state index is 0.0259. The van der Waals surface area contributed by atoms with Gasteiger partial charge < -0.3 is 9.15 Å². The summed E-state index contributed by atoms with van der Waals surface area (Å²) in [5.41, 5.74) is 0.749. The van der Waals surface area contributed by atoms with Crippen LogP contribution >= 0.6 is 0 Å². The number of carbonyl (C=O) groups excluding carboxylic acids is 1. The van der Waals surface area contributed by atoms with E-state index < -0.39 is 6.61 Å². The second-order valence-electron chi connectivity index (χ2n) is 4.23. The van der Waals surface area contributed by atoms with Crippen LogP contribution in [-0.4, -0.2) is 12.9 Å². The minimum Gasteiger partial charge on any atom is -0.452 e. The SMILES string of the molecule is O=Cc1ccc(OC(F)F)c2oc3ccc(N=O)cc3c12. The third-order valence-corrected chi connectivity index (χ3v) is 3.05. The number of aldehydes is 1. The number of benzene rings is 2. The number of hydrogen-bond acceptors (Lipinski definition) is 5. The molecule has 2 aromatic carbocycles. The van der Waals surface area contributed by atoms with Crippen molar-refractivity contribution in [2.75, 3.05) is 0 Å². The Labute approximate surface area is 116 Å². The molecule has 0 bridgehead atoms. The molecule has 0 fully saturated rings. The number of rotatable bonds is 4. The highest BCUT2D eigenvalue weighted by Gasteiger charge is 2.18. The summed E-state index contributed by atoms with van der Waals surface area (Å²) in [5.74, 6) is -0.178. The average Bonchev–Trinajstić information content (AvgIpc) is 2.86. The molecule has 0 amide bonds. The molecular formula is C14H7F2NO4. The number of fused-ring (bicyclic) bond motifs is 3. The summed E-state index contributed by atoms with van der Waals surface area (Å²) in [4.78, 5) is 21.7. The van der Waals surface area contributed by atoms with E-state index in [1.807, 2.05) is 0 Å². The van der Waals surface area contributed by atoms with E-state index >= 15 is 0 Å². The Morgan fingerprint density at radius 3 is 2.71 bits per heavy atom. The van der Waals surface area contributed by atoms with Crippen molar-refractivity contribution in [2.45, 2.75) is 6.61 Å². The molecule has 3 rings (SSSR count). The van der Waals surface area contributed by atoms with Crippen LogP contribution in [0.4, 0.5) is 14.5 Å². The Morgan fingerprint density at radius 2 is 2.05 bits per heavy atom. The monoisotopic (exact) mass is 291 g/mol. The van der Waals surface area contributed by atoms with E-state index in [9.17, 15) is 18.5 Å². The summed E-state index contributed by atoms with van der Waals surface area (Å²) in [6, 6.07) is 6.91. The first-order chi connectivity index (χ1) is 10.1. The van der Waals surface area contributed by atoms with E-state index in [1.165, 1.54) is 30.3 Å². The van der Waals surface area contributed by atoms with Crippen molar-refractivity contribution < 1.29 is 22.7 Å². The predicted octanol–water partition coefficient (Wildman–Crippen LogP) is 4.40. The minimum atomic E-state index is -3.02. The van der Waals surface area contributed by atoms with Gasteiger partial charge in [-0.3, -0.25) is 4.79 Å². The van der Waals surface area contributed by atoms with E-state index in [4.69, 9.17) is 4.42 Å². The summed E-state index contributed by atoms with van der Waals surface area (Å²) < 4.78 is 34.7. The molecule has 3 aromatic rings. The van der Waals surface area contributed by atoms with Crippen LogP contribution in [0.1, 0.15) is 10.4 Å². The molecule has 7 heteroatoms. The van der Waals surface area contributed by atoms with Gasteiger partial charge in [-0.05, 0) is 35.5 Å². The Hall–Kier alpha value is -2.83. The van der Waals surface area contributed by atoms with Crippen molar-refractivity contribution in [3.05, 3.63) is 40.8 Å². The molecule has 0 saturated carbocycles. The summed E-state index contributed by atoms with van der Waals surface area (Å²) in [6.07, 6.45) is 0.574. The van der Waals surface area contributed by atoms with Crippen molar-refractivity contribution in [3.63, 3.8) is 0 Å². The Kier molecular flexibility index (Phi) is 3.09. The van der Waals surface area contributed by atoms with E-state index in [1.54, 1.807) is 0 Å². The van der Waals surface area contributed by atoms with E-state index in [0.717, 1.165) is 0 Å². The summed E-state index contributed by atoms with van der Waals surface area (Å²) in [5, 5.41) is 3.55. The lowest BCUT2D eigenvalue weighted by molar-refractivity contribution is -0.0493. The number of ether oxygens (including phenoxy) is 1. The second-order valence-corrected chi connectivity index (χ2v) is 4.23. The molecular weight excluding hydrogens is 284 g/mol. The van der Waals surface area contributed by atoms with Crippen LogP contribution in [0.25, 0.3) is 21.9 Å². The highest BCUT2D eigenvalue weighted by atomic mass is 19.3. The molecule has 1 heterocycles.